The predicted molar refractivity (Wildman–Crippen MR) is 73.9 cm³/mol. The first-order valence-corrected chi connectivity index (χ1v) is 6.58. The van der Waals surface area contributed by atoms with Crippen LogP contribution in [0.4, 0.5) is 5.82 Å². The SMILES string of the molecule is CNC(=O)[C@@H]1C[C@@H](N)CN1c1ncncc1C(C)C. The maximum atomic E-state index is 12.0. The summed E-state index contributed by atoms with van der Waals surface area (Å²) in [7, 11) is 1.65. The van der Waals surface area contributed by atoms with Crippen LogP contribution in [0, 0.1) is 0 Å². The second-order valence-corrected chi connectivity index (χ2v) is 5.23. The fourth-order valence-electron chi connectivity index (χ4n) is 2.50. The first-order valence-electron chi connectivity index (χ1n) is 6.58. The number of nitrogens with zero attached hydrogens (tertiary/aromatic N) is 3. The molecule has 1 aliphatic heterocycles. The second kappa shape index (κ2) is 5.52. The van der Waals surface area contributed by atoms with Crippen molar-refractivity contribution in [2.24, 2.45) is 5.73 Å². The van der Waals surface area contributed by atoms with E-state index in [2.05, 4.69) is 29.1 Å². The van der Waals surface area contributed by atoms with E-state index in [1.165, 1.54) is 6.33 Å². The van der Waals surface area contributed by atoms with Crippen LogP contribution in [-0.2, 0) is 4.79 Å². The molecule has 1 fully saturated rings. The summed E-state index contributed by atoms with van der Waals surface area (Å²) in [5.41, 5.74) is 7.05. The quantitative estimate of drug-likeness (QED) is 0.817. The number of likely N-dealkylation sites (N-methyl/N-ethyl adjacent to an activating group) is 1. The zero-order valence-electron chi connectivity index (χ0n) is 11.6. The summed E-state index contributed by atoms with van der Waals surface area (Å²) in [6, 6.07) is -0.246. The van der Waals surface area contributed by atoms with Gasteiger partial charge in [-0.1, -0.05) is 13.8 Å². The molecule has 0 unspecified atom stereocenters. The van der Waals surface area contributed by atoms with Crippen molar-refractivity contribution in [1.29, 1.82) is 0 Å². The lowest BCUT2D eigenvalue weighted by Crippen LogP contribution is -2.42. The Hall–Kier alpha value is -1.69. The molecule has 3 N–H and O–H groups in total. The van der Waals surface area contributed by atoms with Crippen LogP contribution >= 0.6 is 0 Å². The van der Waals surface area contributed by atoms with Crippen molar-refractivity contribution >= 4 is 11.7 Å². The van der Waals surface area contributed by atoms with Gasteiger partial charge < -0.3 is 16.0 Å². The molecule has 2 atom stereocenters. The molecule has 19 heavy (non-hydrogen) atoms. The number of nitrogens with two attached hydrogens (primary N) is 1. The number of carbonyl (C=O) groups excluding carboxylic acids is 1. The van der Waals surface area contributed by atoms with Crippen molar-refractivity contribution in [2.45, 2.75) is 38.3 Å². The van der Waals surface area contributed by atoms with Gasteiger partial charge in [0.15, 0.2) is 0 Å². The van der Waals surface area contributed by atoms with E-state index in [4.69, 9.17) is 5.73 Å². The van der Waals surface area contributed by atoms with E-state index in [1.807, 2.05) is 11.1 Å². The van der Waals surface area contributed by atoms with Gasteiger partial charge in [-0.05, 0) is 12.3 Å². The highest BCUT2D eigenvalue weighted by Crippen LogP contribution is 2.29. The largest absolute Gasteiger partial charge is 0.357 e. The van der Waals surface area contributed by atoms with Gasteiger partial charge in [0.2, 0.25) is 5.91 Å². The van der Waals surface area contributed by atoms with Gasteiger partial charge in [0.1, 0.15) is 18.2 Å². The predicted octanol–water partition coefficient (Wildman–Crippen LogP) is 0.252. The van der Waals surface area contributed by atoms with Gasteiger partial charge in [-0.3, -0.25) is 4.79 Å². The lowest BCUT2D eigenvalue weighted by Gasteiger charge is -2.26. The first-order chi connectivity index (χ1) is 9.04. The van der Waals surface area contributed by atoms with E-state index >= 15 is 0 Å². The van der Waals surface area contributed by atoms with Gasteiger partial charge in [0.25, 0.3) is 0 Å². The van der Waals surface area contributed by atoms with Crippen LogP contribution in [0.1, 0.15) is 31.7 Å². The van der Waals surface area contributed by atoms with Crippen LogP contribution in [0.15, 0.2) is 12.5 Å². The normalized spacial score (nSPS) is 22.9. The molecule has 1 amide bonds. The molecule has 1 aromatic heterocycles. The highest BCUT2D eigenvalue weighted by molar-refractivity contribution is 5.85. The number of aromatic nitrogens is 2. The number of amides is 1. The first kappa shape index (κ1) is 13.7. The molecule has 1 aliphatic rings. The van der Waals surface area contributed by atoms with Crippen LogP contribution < -0.4 is 16.0 Å². The van der Waals surface area contributed by atoms with Gasteiger partial charge in [0.05, 0.1) is 0 Å². The highest BCUT2D eigenvalue weighted by Gasteiger charge is 2.36. The van der Waals surface area contributed by atoms with Crippen molar-refractivity contribution in [3.05, 3.63) is 18.1 Å². The van der Waals surface area contributed by atoms with Crippen LogP contribution in [-0.4, -0.2) is 41.6 Å². The van der Waals surface area contributed by atoms with Gasteiger partial charge in [-0.25, -0.2) is 9.97 Å². The molecule has 6 heteroatoms. The molecule has 0 aromatic carbocycles. The second-order valence-electron chi connectivity index (χ2n) is 5.23. The van der Waals surface area contributed by atoms with E-state index in [9.17, 15) is 4.79 Å². The molecule has 1 saturated heterocycles. The van der Waals surface area contributed by atoms with Gasteiger partial charge in [-0.2, -0.15) is 0 Å². The van der Waals surface area contributed by atoms with Crippen molar-refractivity contribution in [2.75, 3.05) is 18.5 Å². The molecule has 1 aromatic rings. The monoisotopic (exact) mass is 263 g/mol. The van der Waals surface area contributed by atoms with E-state index < -0.39 is 0 Å². The Labute approximate surface area is 113 Å². The minimum atomic E-state index is -0.243. The Kier molecular flexibility index (Phi) is 3.99. The number of hydrogen-bond acceptors (Lipinski definition) is 5. The van der Waals surface area contributed by atoms with Crippen molar-refractivity contribution in [3.8, 4) is 0 Å². The average Bonchev–Trinajstić information content (AvgIpc) is 2.79. The van der Waals surface area contributed by atoms with Crippen molar-refractivity contribution < 1.29 is 4.79 Å². The third-order valence-corrected chi connectivity index (χ3v) is 3.50. The molecule has 0 saturated carbocycles. The number of anilines is 1. The molecule has 104 valence electrons. The van der Waals surface area contributed by atoms with Crippen LogP contribution in [0.25, 0.3) is 0 Å². The van der Waals surface area contributed by atoms with E-state index in [0.717, 1.165) is 11.4 Å². The van der Waals surface area contributed by atoms with E-state index in [1.54, 1.807) is 7.05 Å². The van der Waals surface area contributed by atoms with Crippen molar-refractivity contribution in [1.82, 2.24) is 15.3 Å². The summed E-state index contributed by atoms with van der Waals surface area (Å²) >= 11 is 0. The minimum Gasteiger partial charge on any atom is -0.357 e. The maximum Gasteiger partial charge on any atom is 0.242 e. The molecule has 0 aliphatic carbocycles. The standard InChI is InChI=1S/C13H21N5O/c1-8(2)10-5-16-7-17-12(10)18-6-9(14)4-11(18)13(19)15-3/h5,7-9,11H,4,6,14H2,1-3H3,(H,15,19)/t9-,11+/m1/s1. The molecule has 0 radical (unpaired) electrons. The Morgan fingerprint density at radius 3 is 2.95 bits per heavy atom. The smallest absolute Gasteiger partial charge is 0.242 e. The summed E-state index contributed by atoms with van der Waals surface area (Å²) in [4.78, 5) is 22.4. The Balaban J connectivity index is 2.36. The van der Waals surface area contributed by atoms with Crippen LogP contribution in [0.5, 0.6) is 0 Å². The number of hydrogen-bond donors (Lipinski definition) is 2. The highest BCUT2D eigenvalue weighted by atomic mass is 16.2. The number of nitrogens with one attached hydrogen (secondary N) is 1. The van der Waals surface area contributed by atoms with E-state index in [-0.39, 0.29) is 18.0 Å². The lowest BCUT2D eigenvalue weighted by atomic mass is 10.1. The van der Waals surface area contributed by atoms with E-state index in [0.29, 0.717) is 18.9 Å². The third-order valence-electron chi connectivity index (χ3n) is 3.50. The summed E-state index contributed by atoms with van der Waals surface area (Å²) in [6.45, 7) is 4.83. The maximum absolute atomic E-state index is 12.0. The zero-order chi connectivity index (χ0) is 14.0. The zero-order valence-corrected chi connectivity index (χ0v) is 11.6. The van der Waals surface area contributed by atoms with Gasteiger partial charge in [-0.15, -0.1) is 0 Å². The molecule has 0 spiro atoms. The lowest BCUT2D eigenvalue weighted by molar-refractivity contribution is -0.121. The summed E-state index contributed by atoms with van der Waals surface area (Å²) < 4.78 is 0. The molecule has 2 heterocycles. The Morgan fingerprint density at radius 1 is 1.58 bits per heavy atom. The van der Waals surface area contributed by atoms with Gasteiger partial charge >= 0.3 is 0 Å². The summed E-state index contributed by atoms with van der Waals surface area (Å²) in [5.74, 6) is 1.12. The van der Waals surface area contributed by atoms with Crippen LogP contribution in [0.2, 0.25) is 0 Å². The molecule has 6 nitrogen and oxygen atoms in total. The fourth-order valence-corrected chi connectivity index (χ4v) is 2.50. The van der Waals surface area contributed by atoms with Crippen LogP contribution in [0.3, 0.4) is 0 Å². The molecular weight excluding hydrogens is 242 g/mol. The summed E-state index contributed by atoms with van der Waals surface area (Å²) in [6.07, 6.45) is 3.99. The Bertz CT molecular complexity index is 462. The Morgan fingerprint density at radius 2 is 2.32 bits per heavy atom. The fraction of sp³-hybridized carbons (Fsp3) is 0.615. The summed E-state index contributed by atoms with van der Waals surface area (Å²) in [5, 5.41) is 2.70. The molecule has 2 rings (SSSR count). The topological polar surface area (TPSA) is 84.1 Å². The molecule has 0 bridgehead atoms. The minimum absolute atomic E-state index is 0.00252. The van der Waals surface area contributed by atoms with Gasteiger partial charge in [0, 0.05) is 31.4 Å². The number of rotatable bonds is 3. The third kappa shape index (κ3) is 2.68. The van der Waals surface area contributed by atoms with Crippen molar-refractivity contribution in [3.63, 3.8) is 0 Å². The molecular formula is C13H21N5O. The number of carbonyl (C=O) groups is 1. The average molecular weight is 263 g/mol.